The summed E-state index contributed by atoms with van der Waals surface area (Å²) in [7, 11) is 0. The van der Waals surface area contributed by atoms with Gasteiger partial charge in [0.25, 0.3) is 0 Å². The third-order valence-corrected chi connectivity index (χ3v) is 2.98. The first-order chi connectivity index (χ1) is 10.0. The van der Waals surface area contributed by atoms with Crippen LogP contribution < -0.4 is 4.74 Å². The van der Waals surface area contributed by atoms with E-state index in [-0.39, 0.29) is 11.5 Å². The van der Waals surface area contributed by atoms with E-state index < -0.39 is 11.9 Å². The number of carbonyl (C=O) groups is 2. The Hall–Kier alpha value is -1.82. The lowest BCUT2D eigenvalue weighted by Crippen LogP contribution is -2.02. The molecule has 0 amide bonds. The van der Waals surface area contributed by atoms with Gasteiger partial charge in [0, 0.05) is 18.3 Å². The van der Waals surface area contributed by atoms with Gasteiger partial charge in [-0.2, -0.15) is 0 Å². The van der Waals surface area contributed by atoms with E-state index in [1.54, 1.807) is 6.07 Å². The number of esters is 2. The average Bonchev–Trinajstić information content (AvgIpc) is 2.44. The number of phenolic OH excluding ortho intramolecular Hbond substituents is 1. The van der Waals surface area contributed by atoms with Gasteiger partial charge in [-0.25, -0.2) is 4.79 Å². The van der Waals surface area contributed by atoms with Gasteiger partial charge in [0.2, 0.25) is 0 Å². The first kappa shape index (κ1) is 17.2. The second-order valence-electron chi connectivity index (χ2n) is 4.22. The maximum absolute atomic E-state index is 11.5. The molecule has 0 unspecified atom stereocenters. The molecule has 114 valence electrons. The number of hydrogen-bond acceptors (Lipinski definition) is 5. The van der Waals surface area contributed by atoms with Crippen LogP contribution in [0.1, 0.15) is 25.3 Å². The number of carbonyl (C=O) groups excluding carboxylic acids is 2. The van der Waals surface area contributed by atoms with E-state index >= 15 is 0 Å². The van der Waals surface area contributed by atoms with E-state index in [1.807, 2.05) is 0 Å². The summed E-state index contributed by atoms with van der Waals surface area (Å²) in [5, 5.41) is 10.4. The zero-order valence-electron chi connectivity index (χ0n) is 11.7. The minimum atomic E-state index is -0.530. The lowest BCUT2D eigenvalue weighted by atomic mass is 10.2. The molecule has 0 heterocycles. The average molecular weight is 357 g/mol. The van der Waals surface area contributed by atoms with Crippen molar-refractivity contribution < 1.29 is 24.2 Å². The zero-order chi connectivity index (χ0) is 15.7. The number of hydrogen-bond donors (Lipinski definition) is 1. The summed E-state index contributed by atoms with van der Waals surface area (Å²) in [5.74, 6) is -1.06. The number of alkyl halides is 1. The Morgan fingerprint density at radius 2 is 2.10 bits per heavy atom. The minimum absolute atomic E-state index is 0.0512. The fourth-order valence-electron chi connectivity index (χ4n) is 1.45. The molecule has 0 aromatic heterocycles. The van der Waals surface area contributed by atoms with Crippen LogP contribution in [-0.4, -0.2) is 29.0 Å². The Kier molecular flexibility index (Phi) is 7.53. The van der Waals surface area contributed by atoms with Crippen molar-refractivity contribution in [2.24, 2.45) is 0 Å². The quantitative estimate of drug-likeness (QED) is 0.267. The fourth-order valence-corrected chi connectivity index (χ4v) is 1.85. The van der Waals surface area contributed by atoms with Crippen molar-refractivity contribution >= 4 is 33.9 Å². The molecule has 0 fully saturated rings. The van der Waals surface area contributed by atoms with Gasteiger partial charge < -0.3 is 14.6 Å². The van der Waals surface area contributed by atoms with Crippen molar-refractivity contribution in [2.45, 2.75) is 19.8 Å². The molecule has 0 atom stereocenters. The SMILES string of the molecule is CC(=O)Oc1cc(/C=C/C(=O)OCCCCBr)ccc1O. The van der Waals surface area contributed by atoms with E-state index in [9.17, 15) is 14.7 Å². The number of benzene rings is 1. The molecule has 1 rings (SSSR count). The highest BCUT2D eigenvalue weighted by molar-refractivity contribution is 9.09. The van der Waals surface area contributed by atoms with Gasteiger partial charge in [0.1, 0.15) is 0 Å². The lowest BCUT2D eigenvalue weighted by molar-refractivity contribution is -0.137. The maximum Gasteiger partial charge on any atom is 0.330 e. The van der Waals surface area contributed by atoms with E-state index in [1.165, 1.54) is 31.2 Å². The number of halogens is 1. The molecule has 0 aliphatic carbocycles. The molecule has 1 aromatic carbocycles. The van der Waals surface area contributed by atoms with E-state index in [4.69, 9.17) is 9.47 Å². The number of ether oxygens (including phenoxy) is 2. The van der Waals surface area contributed by atoms with Crippen LogP contribution in [0.15, 0.2) is 24.3 Å². The number of unbranched alkanes of at least 4 members (excludes halogenated alkanes) is 1. The van der Waals surface area contributed by atoms with Crippen molar-refractivity contribution in [1.29, 1.82) is 0 Å². The molecule has 5 nitrogen and oxygen atoms in total. The number of aromatic hydroxyl groups is 1. The minimum Gasteiger partial charge on any atom is -0.504 e. The van der Waals surface area contributed by atoms with E-state index in [0.29, 0.717) is 12.2 Å². The summed E-state index contributed by atoms with van der Waals surface area (Å²) in [6.45, 7) is 1.62. The molecular weight excluding hydrogens is 340 g/mol. The van der Waals surface area contributed by atoms with E-state index in [0.717, 1.165) is 18.2 Å². The Balaban J connectivity index is 2.59. The summed E-state index contributed by atoms with van der Waals surface area (Å²) in [5.41, 5.74) is 0.612. The molecule has 0 aliphatic rings. The van der Waals surface area contributed by atoms with Crippen molar-refractivity contribution in [3.8, 4) is 11.5 Å². The van der Waals surface area contributed by atoms with Crippen LogP contribution in [0.4, 0.5) is 0 Å². The maximum atomic E-state index is 11.5. The van der Waals surface area contributed by atoms with Gasteiger partial charge in [-0.3, -0.25) is 4.79 Å². The molecular formula is C15H17BrO5. The van der Waals surface area contributed by atoms with Gasteiger partial charge in [-0.15, -0.1) is 0 Å². The molecule has 0 saturated carbocycles. The highest BCUT2D eigenvalue weighted by Gasteiger charge is 2.05. The van der Waals surface area contributed by atoms with Crippen LogP contribution in [0.3, 0.4) is 0 Å². The Labute approximate surface area is 131 Å². The topological polar surface area (TPSA) is 72.8 Å². The third kappa shape index (κ3) is 6.94. The normalized spacial score (nSPS) is 10.6. The molecule has 1 aromatic rings. The van der Waals surface area contributed by atoms with Gasteiger partial charge in [0.15, 0.2) is 11.5 Å². The van der Waals surface area contributed by atoms with E-state index in [2.05, 4.69) is 15.9 Å². The fraction of sp³-hybridized carbons (Fsp3) is 0.333. The molecule has 0 aliphatic heterocycles. The summed E-state index contributed by atoms with van der Waals surface area (Å²) in [6, 6.07) is 4.45. The largest absolute Gasteiger partial charge is 0.504 e. The van der Waals surface area contributed by atoms with Crippen molar-refractivity contribution in [1.82, 2.24) is 0 Å². The predicted molar refractivity (Wildman–Crippen MR) is 82.4 cm³/mol. The van der Waals surface area contributed by atoms with Crippen LogP contribution in [0, 0.1) is 0 Å². The van der Waals surface area contributed by atoms with Gasteiger partial charge in [-0.1, -0.05) is 22.0 Å². The summed E-state index contributed by atoms with van der Waals surface area (Å²) < 4.78 is 9.84. The Bertz CT molecular complexity index is 525. The molecule has 0 radical (unpaired) electrons. The van der Waals surface area contributed by atoms with Gasteiger partial charge in [0.05, 0.1) is 6.61 Å². The highest BCUT2D eigenvalue weighted by Crippen LogP contribution is 2.27. The van der Waals surface area contributed by atoms with Crippen LogP contribution in [0.2, 0.25) is 0 Å². The number of rotatable bonds is 7. The van der Waals surface area contributed by atoms with Crippen LogP contribution in [-0.2, 0) is 14.3 Å². The zero-order valence-corrected chi connectivity index (χ0v) is 13.3. The summed E-state index contributed by atoms with van der Waals surface area (Å²) >= 11 is 3.30. The van der Waals surface area contributed by atoms with Crippen molar-refractivity contribution in [2.75, 3.05) is 11.9 Å². The molecule has 0 bridgehead atoms. The molecule has 21 heavy (non-hydrogen) atoms. The third-order valence-electron chi connectivity index (χ3n) is 2.42. The van der Waals surface area contributed by atoms with Crippen LogP contribution in [0.5, 0.6) is 11.5 Å². The van der Waals surface area contributed by atoms with Crippen LogP contribution >= 0.6 is 15.9 Å². The highest BCUT2D eigenvalue weighted by atomic mass is 79.9. The predicted octanol–water partition coefficient (Wildman–Crippen LogP) is 3.05. The molecule has 1 N–H and O–H groups in total. The molecule has 0 saturated heterocycles. The van der Waals surface area contributed by atoms with Crippen molar-refractivity contribution in [3.63, 3.8) is 0 Å². The standard InChI is InChI=1S/C15H17BrO5/c1-11(17)21-14-10-12(4-6-13(14)18)5-7-15(19)20-9-3-2-8-16/h4-7,10,18H,2-3,8-9H2,1H3/b7-5+. The van der Waals surface area contributed by atoms with Gasteiger partial charge in [-0.05, 0) is 36.6 Å². The Morgan fingerprint density at radius 1 is 1.33 bits per heavy atom. The summed E-state index contributed by atoms with van der Waals surface area (Å²) in [6.07, 6.45) is 4.57. The monoisotopic (exact) mass is 356 g/mol. The smallest absolute Gasteiger partial charge is 0.330 e. The molecule has 6 heteroatoms. The number of phenols is 1. The van der Waals surface area contributed by atoms with Crippen molar-refractivity contribution in [3.05, 3.63) is 29.8 Å². The first-order valence-corrected chi connectivity index (χ1v) is 7.57. The second-order valence-corrected chi connectivity index (χ2v) is 5.01. The first-order valence-electron chi connectivity index (χ1n) is 6.45. The Morgan fingerprint density at radius 3 is 2.76 bits per heavy atom. The van der Waals surface area contributed by atoms with Crippen LogP contribution in [0.25, 0.3) is 6.08 Å². The summed E-state index contributed by atoms with van der Waals surface area (Å²) in [4.78, 5) is 22.3. The van der Waals surface area contributed by atoms with Gasteiger partial charge >= 0.3 is 11.9 Å². The lowest BCUT2D eigenvalue weighted by Gasteiger charge is -2.05. The second kappa shape index (κ2) is 9.18. The molecule has 0 spiro atoms.